The van der Waals surface area contributed by atoms with E-state index in [1.807, 2.05) is 6.92 Å². The van der Waals surface area contributed by atoms with E-state index in [1.165, 1.54) is 30.3 Å². The maximum Gasteiger partial charge on any atom is 0.417 e. The molecule has 0 aliphatic rings. The monoisotopic (exact) mass is 454 g/mol. The molecule has 0 saturated carbocycles. The number of halogens is 4. The van der Waals surface area contributed by atoms with Crippen molar-refractivity contribution in [3.63, 3.8) is 0 Å². The van der Waals surface area contributed by atoms with Crippen molar-refractivity contribution in [1.82, 2.24) is 15.2 Å². The normalized spacial score (nSPS) is 11.3. The van der Waals surface area contributed by atoms with Crippen molar-refractivity contribution in [3.05, 3.63) is 47.0 Å². The van der Waals surface area contributed by atoms with E-state index in [9.17, 15) is 18.0 Å². The molecule has 164 valence electrons. The van der Waals surface area contributed by atoms with Crippen molar-refractivity contribution >= 4 is 41.0 Å². The number of hydrogen-bond donors (Lipinski definition) is 4. The van der Waals surface area contributed by atoms with Gasteiger partial charge in [-0.1, -0.05) is 30.7 Å². The van der Waals surface area contributed by atoms with Gasteiger partial charge in [0.05, 0.1) is 17.2 Å². The second kappa shape index (κ2) is 9.13. The number of anilines is 4. The molecular formula is C19H18ClF3N6O2. The molecule has 0 aliphatic carbocycles. The van der Waals surface area contributed by atoms with Gasteiger partial charge in [0.15, 0.2) is 0 Å². The van der Waals surface area contributed by atoms with Crippen LogP contribution in [0.25, 0.3) is 11.1 Å². The fourth-order valence-corrected chi connectivity index (χ4v) is 3.05. The largest absolute Gasteiger partial charge is 0.449 e. The van der Waals surface area contributed by atoms with E-state index in [1.54, 1.807) is 0 Å². The zero-order valence-corrected chi connectivity index (χ0v) is 16.9. The first-order valence-electron chi connectivity index (χ1n) is 9.07. The number of aromatic nitrogens is 3. The van der Waals surface area contributed by atoms with E-state index >= 15 is 0 Å². The van der Waals surface area contributed by atoms with E-state index in [0.29, 0.717) is 12.1 Å². The lowest BCUT2D eigenvalue weighted by Gasteiger charge is -2.17. The van der Waals surface area contributed by atoms with Gasteiger partial charge in [-0.2, -0.15) is 18.2 Å². The third kappa shape index (κ3) is 5.57. The maximum atomic E-state index is 13.8. The van der Waals surface area contributed by atoms with Gasteiger partial charge in [-0.3, -0.25) is 5.32 Å². The van der Waals surface area contributed by atoms with Gasteiger partial charge < -0.3 is 15.8 Å². The quantitative estimate of drug-likeness (QED) is 0.394. The number of benzene rings is 2. The van der Waals surface area contributed by atoms with Gasteiger partial charge in [-0.05, 0) is 36.2 Å². The van der Waals surface area contributed by atoms with Gasteiger partial charge in [0.25, 0.3) is 0 Å². The Morgan fingerprint density at radius 3 is 2.52 bits per heavy atom. The Hall–Kier alpha value is -3.47. The maximum absolute atomic E-state index is 13.8. The number of aromatic amines is 1. The summed E-state index contributed by atoms with van der Waals surface area (Å²) in [5, 5.41) is 11.1. The Morgan fingerprint density at radius 1 is 1.23 bits per heavy atom. The molecule has 31 heavy (non-hydrogen) atoms. The molecule has 3 aromatic rings. The Balaban J connectivity index is 1.91. The minimum atomic E-state index is -4.68. The molecule has 0 saturated heterocycles. The molecule has 1 aromatic heterocycles. The summed E-state index contributed by atoms with van der Waals surface area (Å²) in [5.74, 6) is 0.00774. The Kier molecular flexibility index (Phi) is 6.54. The molecule has 5 N–H and O–H groups in total. The molecule has 0 radical (unpaired) electrons. The molecule has 0 atom stereocenters. The fraction of sp³-hybridized carbons (Fsp3) is 0.211. The lowest BCUT2D eigenvalue weighted by Crippen LogP contribution is -2.14. The highest BCUT2D eigenvalue weighted by atomic mass is 35.5. The standard InChI is InChI=1S/C19H18ClF3N6O2/c1-2-7-31-18(30)26-11-5-3-10(4-6-11)15-13(19(21,22)23)8-12(9-14(15)20)25-17-27-16(24)28-29-17/h3-6,8-9H,2,7H2,1H3,(H,26,30)(H4,24,25,27,28,29). The summed E-state index contributed by atoms with van der Waals surface area (Å²) in [7, 11) is 0. The number of ether oxygens (including phenoxy) is 1. The number of hydrogen-bond acceptors (Lipinski definition) is 6. The first-order valence-corrected chi connectivity index (χ1v) is 9.45. The minimum absolute atomic E-state index is 0.000160. The highest BCUT2D eigenvalue weighted by molar-refractivity contribution is 6.34. The Bertz CT molecular complexity index is 1070. The predicted molar refractivity (Wildman–Crippen MR) is 111 cm³/mol. The van der Waals surface area contributed by atoms with Crippen molar-refractivity contribution in [2.45, 2.75) is 19.5 Å². The average molecular weight is 455 g/mol. The number of rotatable bonds is 6. The first kappa shape index (κ1) is 22.2. The van der Waals surface area contributed by atoms with Crippen LogP contribution in [0.1, 0.15) is 18.9 Å². The number of alkyl halides is 3. The number of amides is 1. The number of carbonyl (C=O) groups excluding carboxylic acids is 1. The summed E-state index contributed by atoms with van der Waals surface area (Å²) in [4.78, 5) is 15.4. The van der Waals surface area contributed by atoms with Gasteiger partial charge in [0, 0.05) is 16.9 Å². The summed E-state index contributed by atoms with van der Waals surface area (Å²) in [6.45, 7) is 2.11. The summed E-state index contributed by atoms with van der Waals surface area (Å²) >= 11 is 6.22. The van der Waals surface area contributed by atoms with Gasteiger partial charge in [0.2, 0.25) is 11.9 Å². The van der Waals surface area contributed by atoms with Crippen LogP contribution in [-0.4, -0.2) is 27.9 Å². The van der Waals surface area contributed by atoms with E-state index in [4.69, 9.17) is 22.1 Å². The van der Waals surface area contributed by atoms with Crippen molar-refractivity contribution in [3.8, 4) is 11.1 Å². The fourth-order valence-electron chi connectivity index (χ4n) is 2.72. The molecule has 0 unspecified atom stereocenters. The number of nitrogens with zero attached hydrogens (tertiary/aromatic N) is 2. The van der Waals surface area contributed by atoms with Crippen molar-refractivity contribution in [2.24, 2.45) is 0 Å². The van der Waals surface area contributed by atoms with Crippen LogP contribution in [0.4, 0.5) is 41.2 Å². The minimum Gasteiger partial charge on any atom is -0.449 e. The molecule has 0 fully saturated rings. The molecular weight excluding hydrogens is 437 g/mol. The Labute approximate surface area is 180 Å². The van der Waals surface area contributed by atoms with E-state index in [0.717, 1.165) is 6.07 Å². The molecule has 1 heterocycles. The topological polar surface area (TPSA) is 118 Å². The molecule has 0 bridgehead atoms. The highest BCUT2D eigenvalue weighted by Crippen LogP contribution is 2.43. The summed E-state index contributed by atoms with van der Waals surface area (Å²) in [5.41, 5.74) is 4.90. The number of nitrogens with two attached hydrogens (primary N) is 1. The van der Waals surface area contributed by atoms with Gasteiger partial charge >= 0.3 is 12.3 Å². The summed E-state index contributed by atoms with van der Waals surface area (Å²) in [6.07, 6.45) is -4.67. The highest BCUT2D eigenvalue weighted by Gasteiger charge is 2.35. The summed E-state index contributed by atoms with van der Waals surface area (Å²) < 4.78 is 46.3. The number of nitrogen functional groups attached to an aromatic ring is 1. The van der Waals surface area contributed by atoms with Crippen molar-refractivity contribution in [2.75, 3.05) is 23.0 Å². The third-order valence-electron chi connectivity index (χ3n) is 4.01. The second-order valence-electron chi connectivity index (χ2n) is 6.39. The molecule has 3 rings (SSSR count). The first-order chi connectivity index (χ1) is 14.7. The van der Waals surface area contributed by atoms with Crippen LogP contribution in [-0.2, 0) is 10.9 Å². The predicted octanol–water partition coefficient (Wildman–Crippen LogP) is 5.43. The van der Waals surface area contributed by atoms with Crippen LogP contribution in [0.5, 0.6) is 0 Å². The zero-order valence-electron chi connectivity index (χ0n) is 16.2. The van der Waals surface area contributed by atoms with Gasteiger partial charge in [-0.25, -0.2) is 9.89 Å². The second-order valence-corrected chi connectivity index (χ2v) is 6.79. The number of carbonyl (C=O) groups is 1. The van der Waals surface area contributed by atoms with Crippen LogP contribution in [0, 0.1) is 0 Å². The van der Waals surface area contributed by atoms with Gasteiger partial charge in [0.1, 0.15) is 0 Å². The lowest BCUT2D eigenvalue weighted by atomic mass is 9.98. The molecule has 2 aromatic carbocycles. The van der Waals surface area contributed by atoms with E-state index in [-0.39, 0.29) is 40.3 Å². The number of nitrogens with one attached hydrogen (secondary N) is 3. The molecule has 12 heteroatoms. The van der Waals surface area contributed by atoms with E-state index in [2.05, 4.69) is 25.8 Å². The molecule has 0 spiro atoms. The van der Waals surface area contributed by atoms with Crippen LogP contribution in [0.15, 0.2) is 36.4 Å². The third-order valence-corrected chi connectivity index (χ3v) is 4.31. The van der Waals surface area contributed by atoms with Crippen LogP contribution < -0.4 is 16.4 Å². The molecule has 0 aliphatic heterocycles. The Morgan fingerprint density at radius 2 is 1.94 bits per heavy atom. The lowest BCUT2D eigenvalue weighted by molar-refractivity contribution is -0.137. The van der Waals surface area contributed by atoms with E-state index < -0.39 is 17.8 Å². The van der Waals surface area contributed by atoms with Crippen molar-refractivity contribution in [1.29, 1.82) is 0 Å². The smallest absolute Gasteiger partial charge is 0.417 e. The number of H-pyrrole nitrogens is 1. The molecule has 8 nitrogen and oxygen atoms in total. The van der Waals surface area contributed by atoms with Crippen LogP contribution in [0.3, 0.4) is 0 Å². The van der Waals surface area contributed by atoms with Crippen molar-refractivity contribution < 1.29 is 22.7 Å². The average Bonchev–Trinajstić information content (AvgIpc) is 3.10. The molecule has 1 amide bonds. The van der Waals surface area contributed by atoms with Crippen LogP contribution in [0.2, 0.25) is 5.02 Å². The summed E-state index contributed by atoms with van der Waals surface area (Å²) in [6, 6.07) is 8.00. The van der Waals surface area contributed by atoms with Gasteiger partial charge in [-0.15, -0.1) is 5.10 Å². The SMILES string of the molecule is CCCOC(=O)Nc1ccc(-c2c(Cl)cc(Nc3n[nH]c(N)n3)cc2C(F)(F)F)cc1. The van der Waals surface area contributed by atoms with Crippen LogP contribution >= 0.6 is 11.6 Å². The zero-order chi connectivity index (χ0) is 22.6.